The first-order valence-corrected chi connectivity index (χ1v) is 8.97. The van der Waals surface area contributed by atoms with Gasteiger partial charge in [-0.05, 0) is 49.4 Å². The first kappa shape index (κ1) is 21.8. The molecule has 3 aromatic rings. The average Bonchev–Trinajstić information content (AvgIpc) is 3.16. The van der Waals surface area contributed by atoms with Crippen LogP contribution < -0.4 is 10.6 Å². The predicted molar refractivity (Wildman–Crippen MR) is 120 cm³/mol. The summed E-state index contributed by atoms with van der Waals surface area (Å²) in [6, 6.07) is 14.0. The third-order valence-electron chi connectivity index (χ3n) is 3.88. The van der Waals surface area contributed by atoms with Crippen LogP contribution in [-0.2, 0) is 13.0 Å². The molecule has 1 aromatic carbocycles. The lowest BCUT2D eigenvalue weighted by Crippen LogP contribution is -2.38. The van der Waals surface area contributed by atoms with Gasteiger partial charge in [0.05, 0.1) is 23.6 Å². The lowest BCUT2D eigenvalue weighted by atomic mass is 10.3. The Kier molecular flexibility index (Phi) is 8.86. The van der Waals surface area contributed by atoms with Crippen LogP contribution in [0, 0.1) is 5.82 Å². The number of hydrogen-bond donors (Lipinski definition) is 2. The summed E-state index contributed by atoms with van der Waals surface area (Å²) in [7, 11) is 0. The van der Waals surface area contributed by atoms with Gasteiger partial charge in [-0.2, -0.15) is 5.10 Å². The zero-order chi connectivity index (χ0) is 18.9. The minimum Gasteiger partial charge on any atom is -0.357 e. The molecule has 0 aliphatic rings. The van der Waals surface area contributed by atoms with Crippen LogP contribution in [-0.4, -0.2) is 33.8 Å². The number of guanidine groups is 1. The Bertz CT molecular complexity index is 864. The highest BCUT2D eigenvalue weighted by molar-refractivity contribution is 14.0. The van der Waals surface area contributed by atoms with E-state index in [0.29, 0.717) is 13.1 Å². The molecule has 148 valence electrons. The molecule has 0 fully saturated rings. The number of halogens is 2. The summed E-state index contributed by atoms with van der Waals surface area (Å²) in [4.78, 5) is 8.82. The highest BCUT2D eigenvalue weighted by Gasteiger charge is 2.03. The average molecular weight is 494 g/mol. The fraction of sp³-hybridized carbons (Fsp3) is 0.250. The Balaban J connectivity index is 0.00000280. The Labute approximate surface area is 181 Å². The van der Waals surface area contributed by atoms with E-state index in [4.69, 9.17) is 0 Å². The van der Waals surface area contributed by atoms with Gasteiger partial charge in [0.1, 0.15) is 5.82 Å². The zero-order valence-corrected chi connectivity index (χ0v) is 18.0. The largest absolute Gasteiger partial charge is 0.357 e. The van der Waals surface area contributed by atoms with Crippen molar-refractivity contribution in [1.82, 2.24) is 25.4 Å². The first-order chi connectivity index (χ1) is 13.2. The summed E-state index contributed by atoms with van der Waals surface area (Å²) in [5, 5.41) is 11.1. The van der Waals surface area contributed by atoms with E-state index < -0.39 is 0 Å². The number of aromatic nitrogens is 3. The maximum atomic E-state index is 13.0. The van der Waals surface area contributed by atoms with Crippen LogP contribution in [0.2, 0.25) is 0 Å². The molecule has 2 heterocycles. The number of rotatable bonds is 7. The molecular weight excluding hydrogens is 470 g/mol. The maximum absolute atomic E-state index is 13.0. The van der Waals surface area contributed by atoms with Gasteiger partial charge in [-0.15, -0.1) is 24.0 Å². The van der Waals surface area contributed by atoms with Gasteiger partial charge in [0.2, 0.25) is 0 Å². The van der Waals surface area contributed by atoms with Crippen molar-refractivity contribution >= 4 is 29.9 Å². The molecule has 2 aromatic heterocycles. The van der Waals surface area contributed by atoms with E-state index in [2.05, 4.69) is 25.7 Å². The highest BCUT2D eigenvalue weighted by Crippen LogP contribution is 2.09. The summed E-state index contributed by atoms with van der Waals surface area (Å²) in [6.45, 7) is 4.04. The summed E-state index contributed by atoms with van der Waals surface area (Å²) >= 11 is 0. The highest BCUT2D eigenvalue weighted by atomic mass is 127. The Hall–Kier alpha value is -2.49. The van der Waals surface area contributed by atoms with Gasteiger partial charge in [0.25, 0.3) is 0 Å². The van der Waals surface area contributed by atoms with Crippen molar-refractivity contribution < 1.29 is 4.39 Å². The van der Waals surface area contributed by atoms with Crippen molar-refractivity contribution in [1.29, 1.82) is 0 Å². The normalized spacial score (nSPS) is 11.0. The summed E-state index contributed by atoms with van der Waals surface area (Å²) < 4.78 is 14.8. The minimum atomic E-state index is -0.253. The van der Waals surface area contributed by atoms with Crippen molar-refractivity contribution in [2.45, 2.75) is 19.9 Å². The van der Waals surface area contributed by atoms with Gasteiger partial charge in [0.15, 0.2) is 5.96 Å². The number of nitrogens with one attached hydrogen (secondary N) is 2. The molecule has 0 saturated heterocycles. The molecule has 0 radical (unpaired) electrons. The fourth-order valence-electron chi connectivity index (χ4n) is 2.54. The minimum absolute atomic E-state index is 0. The number of aliphatic imine (C=N–C) groups is 1. The second-order valence-electron chi connectivity index (χ2n) is 5.92. The fourth-order valence-corrected chi connectivity index (χ4v) is 2.54. The standard InChI is InChI=1S/C20H23FN6.HI/c1-2-22-20(25-15-18-5-3-4-12-23-18)24-13-10-17-11-14-27(26-17)19-8-6-16(21)7-9-19;/h3-9,11-12,14H,2,10,13,15H2,1H3,(H2,22,24,25);1H. The van der Waals surface area contributed by atoms with E-state index >= 15 is 0 Å². The van der Waals surface area contributed by atoms with E-state index in [9.17, 15) is 4.39 Å². The molecule has 0 spiro atoms. The van der Waals surface area contributed by atoms with Gasteiger partial charge in [0, 0.05) is 31.9 Å². The lowest BCUT2D eigenvalue weighted by Gasteiger charge is -2.10. The topological polar surface area (TPSA) is 67.1 Å². The van der Waals surface area contributed by atoms with Crippen molar-refractivity contribution in [3.8, 4) is 5.69 Å². The second kappa shape index (κ2) is 11.4. The van der Waals surface area contributed by atoms with Crippen LogP contribution in [0.4, 0.5) is 4.39 Å². The second-order valence-corrected chi connectivity index (χ2v) is 5.92. The van der Waals surface area contributed by atoms with Crippen molar-refractivity contribution in [2.24, 2.45) is 4.99 Å². The zero-order valence-electron chi connectivity index (χ0n) is 15.7. The van der Waals surface area contributed by atoms with Crippen LogP contribution in [0.15, 0.2) is 65.9 Å². The molecule has 6 nitrogen and oxygen atoms in total. The van der Waals surface area contributed by atoms with Crippen molar-refractivity contribution in [3.63, 3.8) is 0 Å². The molecule has 28 heavy (non-hydrogen) atoms. The molecule has 0 atom stereocenters. The first-order valence-electron chi connectivity index (χ1n) is 8.97. The van der Waals surface area contributed by atoms with E-state index in [1.165, 1.54) is 12.1 Å². The van der Waals surface area contributed by atoms with E-state index in [1.807, 2.05) is 37.4 Å². The van der Waals surface area contributed by atoms with Crippen LogP contribution in [0.3, 0.4) is 0 Å². The molecule has 8 heteroatoms. The smallest absolute Gasteiger partial charge is 0.191 e. The number of benzene rings is 1. The number of pyridine rings is 1. The molecule has 0 amide bonds. The maximum Gasteiger partial charge on any atom is 0.191 e. The molecule has 0 unspecified atom stereocenters. The van der Waals surface area contributed by atoms with E-state index in [1.54, 1.807) is 23.0 Å². The Morgan fingerprint density at radius 3 is 2.61 bits per heavy atom. The van der Waals surface area contributed by atoms with Crippen molar-refractivity contribution in [3.05, 3.63) is 78.1 Å². The van der Waals surface area contributed by atoms with Gasteiger partial charge in [-0.3, -0.25) is 4.98 Å². The van der Waals surface area contributed by atoms with Gasteiger partial charge < -0.3 is 10.6 Å². The predicted octanol–water partition coefficient (Wildman–Crippen LogP) is 3.32. The van der Waals surface area contributed by atoms with E-state index in [0.717, 1.165) is 36.0 Å². The molecular formula is C20H24FIN6. The summed E-state index contributed by atoms with van der Waals surface area (Å²) in [6.07, 6.45) is 4.40. The molecule has 0 aliphatic carbocycles. The van der Waals surface area contributed by atoms with E-state index in [-0.39, 0.29) is 29.8 Å². The van der Waals surface area contributed by atoms with Crippen LogP contribution in [0.25, 0.3) is 5.69 Å². The van der Waals surface area contributed by atoms with Gasteiger partial charge in [-0.1, -0.05) is 6.07 Å². The third kappa shape index (κ3) is 6.59. The molecule has 2 N–H and O–H groups in total. The quantitative estimate of drug-likeness (QED) is 0.301. The molecule has 0 aliphatic heterocycles. The van der Waals surface area contributed by atoms with Crippen LogP contribution in [0.1, 0.15) is 18.3 Å². The third-order valence-corrected chi connectivity index (χ3v) is 3.88. The van der Waals surface area contributed by atoms with Gasteiger partial charge >= 0.3 is 0 Å². The SMILES string of the molecule is CCNC(=NCc1ccccn1)NCCc1ccn(-c2ccc(F)cc2)n1.I. The number of hydrogen-bond acceptors (Lipinski definition) is 3. The Morgan fingerprint density at radius 2 is 1.89 bits per heavy atom. The Morgan fingerprint density at radius 1 is 1.07 bits per heavy atom. The number of nitrogens with zero attached hydrogens (tertiary/aromatic N) is 4. The molecule has 3 rings (SSSR count). The van der Waals surface area contributed by atoms with Crippen LogP contribution in [0.5, 0.6) is 0 Å². The lowest BCUT2D eigenvalue weighted by molar-refractivity contribution is 0.627. The summed E-state index contributed by atoms with van der Waals surface area (Å²) in [5.74, 6) is 0.498. The summed E-state index contributed by atoms with van der Waals surface area (Å²) in [5.41, 5.74) is 2.71. The monoisotopic (exact) mass is 494 g/mol. The van der Waals surface area contributed by atoms with Crippen LogP contribution >= 0.6 is 24.0 Å². The van der Waals surface area contributed by atoms with Crippen molar-refractivity contribution in [2.75, 3.05) is 13.1 Å². The molecule has 0 saturated carbocycles. The van der Waals surface area contributed by atoms with Gasteiger partial charge in [-0.25, -0.2) is 14.1 Å². The molecule has 0 bridgehead atoms.